The molecule has 1 heterocycles. The molecular weight excluding hydrogens is 346 g/mol. The first-order valence-electron chi connectivity index (χ1n) is 8.86. The van der Waals surface area contributed by atoms with Gasteiger partial charge in [0.1, 0.15) is 0 Å². The molecule has 3 rings (SSSR count). The Morgan fingerprint density at radius 1 is 1.04 bits per heavy atom. The van der Waals surface area contributed by atoms with Crippen LogP contribution in [0.5, 0.6) is 0 Å². The van der Waals surface area contributed by atoms with Gasteiger partial charge in [-0.15, -0.1) is 0 Å². The van der Waals surface area contributed by atoms with Crippen molar-refractivity contribution in [1.29, 1.82) is 0 Å². The number of nitro benzene ring substituents is 1. The van der Waals surface area contributed by atoms with Crippen molar-refractivity contribution in [3.63, 3.8) is 0 Å². The van der Waals surface area contributed by atoms with Crippen molar-refractivity contribution in [2.45, 2.75) is 19.4 Å². The van der Waals surface area contributed by atoms with Gasteiger partial charge in [0.2, 0.25) is 11.8 Å². The summed E-state index contributed by atoms with van der Waals surface area (Å²) >= 11 is 0. The van der Waals surface area contributed by atoms with Gasteiger partial charge in [0.25, 0.3) is 5.69 Å². The van der Waals surface area contributed by atoms with E-state index in [0.29, 0.717) is 31.5 Å². The number of carbonyl (C=O) groups is 2. The molecule has 1 fully saturated rings. The number of amides is 2. The third-order valence-corrected chi connectivity index (χ3v) is 4.69. The Morgan fingerprint density at radius 3 is 2.44 bits per heavy atom. The van der Waals surface area contributed by atoms with E-state index in [2.05, 4.69) is 0 Å². The Morgan fingerprint density at radius 2 is 1.74 bits per heavy atom. The van der Waals surface area contributed by atoms with E-state index >= 15 is 0 Å². The third-order valence-electron chi connectivity index (χ3n) is 4.69. The van der Waals surface area contributed by atoms with E-state index in [1.807, 2.05) is 30.3 Å². The van der Waals surface area contributed by atoms with Crippen molar-refractivity contribution in [3.05, 3.63) is 75.8 Å². The van der Waals surface area contributed by atoms with Crippen LogP contribution in [0.3, 0.4) is 0 Å². The fourth-order valence-corrected chi connectivity index (χ4v) is 3.17. The van der Waals surface area contributed by atoms with E-state index in [9.17, 15) is 19.7 Å². The zero-order valence-corrected chi connectivity index (χ0v) is 14.9. The van der Waals surface area contributed by atoms with E-state index in [0.717, 1.165) is 5.56 Å². The summed E-state index contributed by atoms with van der Waals surface area (Å²) in [4.78, 5) is 38.6. The van der Waals surface area contributed by atoms with Crippen LogP contribution in [0.25, 0.3) is 0 Å². The monoisotopic (exact) mass is 367 g/mol. The van der Waals surface area contributed by atoms with Crippen molar-refractivity contribution >= 4 is 17.5 Å². The summed E-state index contributed by atoms with van der Waals surface area (Å²) in [6.45, 7) is 1.03. The average Bonchev–Trinajstić information content (AvgIpc) is 2.68. The maximum atomic E-state index is 12.4. The maximum Gasteiger partial charge on any atom is 0.274 e. The summed E-state index contributed by atoms with van der Waals surface area (Å²) < 4.78 is 0. The third kappa shape index (κ3) is 4.69. The molecule has 0 atom stereocenters. The molecule has 0 bridgehead atoms. The van der Waals surface area contributed by atoms with E-state index < -0.39 is 4.92 Å². The molecule has 0 aromatic heterocycles. The van der Waals surface area contributed by atoms with Crippen LogP contribution in [0.2, 0.25) is 0 Å². The lowest BCUT2D eigenvalue weighted by Gasteiger charge is -2.34. The Hall–Kier alpha value is -3.22. The van der Waals surface area contributed by atoms with E-state index in [1.54, 1.807) is 28.0 Å². The average molecular weight is 367 g/mol. The Balaban J connectivity index is 1.55. The standard InChI is InChI=1S/C20H21N3O4/c24-19(11-10-16-6-2-1-3-7-16)22-13-12-21(20(25)15-22)14-17-8-4-5-9-18(17)23(26)27/h1-9H,10-15H2. The Bertz CT molecular complexity index is 838. The van der Waals surface area contributed by atoms with Crippen LogP contribution in [-0.2, 0) is 22.6 Å². The lowest BCUT2D eigenvalue weighted by atomic mass is 10.1. The van der Waals surface area contributed by atoms with Gasteiger partial charge in [-0.25, -0.2) is 0 Å². The number of nitrogens with zero attached hydrogens (tertiary/aromatic N) is 3. The number of piperazine rings is 1. The van der Waals surface area contributed by atoms with Gasteiger partial charge in [-0.3, -0.25) is 19.7 Å². The summed E-state index contributed by atoms with van der Waals surface area (Å²) in [6.07, 6.45) is 1.01. The molecule has 0 radical (unpaired) electrons. The highest BCUT2D eigenvalue weighted by molar-refractivity contribution is 5.86. The SMILES string of the molecule is O=C(CCc1ccccc1)N1CCN(Cc2ccccc2[N+](=O)[O-])C(=O)C1. The van der Waals surface area contributed by atoms with Crippen LogP contribution >= 0.6 is 0 Å². The summed E-state index contributed by atoms with van der Waals surface area (Å²) in [5, 5.41) is 11.1. The van der Waals surface area contributed by atoms with Crippen molar-refractivity contribution in [3.8, 4) is 0 Å². The number of benzene rings is 2. The number of hydrogen-bond acceptors (Lipinski definition) is 4. The molecule has 140 valence electrons. The van der Waals surface area contributed by atoms with Crippen LogP contribution in [0, 0.1) is 10.1 Å². The van der Waals surface area contributed by atoms with E-state index in [1.165, 1.54) is 6.07 Å². The number of nitro groups is 1. The van der Waals surface area contributed by atoms with Gasteiger partial charge in [0.15, 0.2) is 0 Å². The second-order valence-electron chi connectivity index (χ2n) is 6.50. The van der Waals surface area contributed by atoms with Gasteiger partial charge in [-0.05, 0) is 12.0 Å². The molecule has 7 nitrogen and oxygen atoms in total. The Kier molecular flexibility index (Phi) is 5.80. The lowest BCUT2D eigenvalue weighted by molar-refractivity contribution is -0.385. The molecule has 2 aromatic carbocycles. The molecule has 2 amide bonds. The fraction of sp³-hybridized carbons (Fsp3) is 0.300. The number of rotatable bonds is 6. The molecule has 0 aliphatic carbocycles. The molecule has 1 aliphatic rings. The molecule has 0 spiro atoms. The molecule has 1 aliphatic heterocycles. The fourth-order valence-electron chi connectivity index (χ4n) is 3.17. The zero-order chi connectivity index (χ0) is 19.2. The largest absolute Gasteiger partial charge is 0.335 e. The van der Waals surface area contributed by atoms with Crippen molar-refractivity contribution in [2.24, 2.45) is 0 Å². The summed E-state index contributed by atoms with van der Waals surface area (Å²) in [5.74, 6) is -0.231. The first-order valence-corrected chi connectivity index (χ1v) is 8.86. The van der Waals surface area contributed by atoms with Crippen LogP contribution in [-0.4, -0.2) is 46.2 Å². The highest BCUT2D eigenvalue weighted by Gasteiger charge is 2.28. The second-order valence-corrected chi connectivity index (χ2v) is 6.50. The van der Waals surface area contributed by atoms with Gasteiger partial charge < -0.3 is 9.80 Å². The smallest absolute Gasteiger partial charge is 0.274 e. The van der Waals surface area contributed by atoms with Crippen molar-refractivity contribution in [1.82, 2.24) is 9.80 Å². The molecule has 0 unspecified atom stereocenters. The van der Waals surface area contributed by atoms with Gasteiger partial charge in [-0.2, -0.15) is 0 Å². The van der Waals surface area contributed by atoms with Crippen molar-refractivity contribution < 1.29 is 14.5 Å². The highest BCUT2D eigenvalue weighted by atomic mass is 16.6. The number of para-hydroxylation sites is 1. The summed E-state index contributed by atoms with van der Waals surface area (Å²) in [6, 6.07) is 16.2. The topological polar surface area (TPSA) is 83.8 Å². The zero-order valence-electron chi connectivity index (χ0n) is 14.9. The molecule has 2 aromatic rings. The molecule has 7 heteroatoms. The summed E-state index contributed by atoms with van der Waals surface area (Å²) in [5.41, 5.74) is 1.60. The molecule has 27 heavy (non-hydrogen) atoms. The molecular formula is C20H21N3O4. The molecule has 0 N–H and O–H groups in total. The predicted octanol–water partition coefficient (Wildman–Crippen LogP) is 2.40. The highest BCUT2D eigenvalue weighted by Crippen LogP contribution is 2.20. The number of hydrogen-bond donors (Lipinski definition) is 0. The summed E-state index contributed by atoms with van der Waals surface area (Å²) in [7, 11) is 0. The lowest BCUT2D eigenvalue weighted by Crippen LogP contribution is -2.51. The van der Waals surface area contributed by atoms with Crippen LogP contribution in [0.4, 0.5) is 5.69 Å². The van der Waals surface area contributed by atoms with Gasteiger partial charge in [-0.1, -0.05) is 48.5 Å². The minimum atomic E-state index is -0.441. The van der Waals surface area contributed by atoms with Crippen molar-refractivity contribution in [2.75, 3.05) is 19.6 Å². The van der Waals surface area contributed by atoms with Crippen LogP contribution < -0.4 is 0 Å². The molecule has 0 saturated carbocycles. The van der Waals surface area contributed by atoms with Gasteiger partial charge in [0, 0.05) is 31.1 Å². The maximum absolute atomic E-state index is 12.4. The van der Waals surface area contributed by atoms with Crippen LogP contribution in [0.15, 0.2) is 54.6 Å². The quantitative estimate of drug-likeness (QED) is 0.580. The molecule has 1 saturated heterocycles. The number of aryl methyl sites for hydroxylation is 1. The van der Waals surface area contributed by atoms with E-state index in [4.69, 9.17) is 0 Å². The minimum absolute atomic E-state index is 0.00617. The minimum Gasteiger partial charge on any atom is -0.335 e. The Labute approximate surface area is 157 Å². The first kappa shape index (κ1) is 18.6. The second kappa shape index (κ2) is 8.44. The van der Waals surface area contributed by atoms with Gasteiger partial charge in [0.05, 0.1) is 18.0 Å². The normalized spacial score (nSPS) is 14.3. The predicted molar refractivity (Wildman–Crippen MR) is 99.9 cm³/mol. The van der Waals surface area contributed by atoms with Crippen LogP contribution in [0.1, 0.15) is 17.5 Å². The first-order chi connectivity index (χ1) is 13.0. The number of carbonyl (C=O) groups excluding carboxylic acids is 2. The van der Waals surface area contributed by atoms with Gasteiger partial charge >= 0.3 is 0 Å². The van der Waals surface area contributed by atoms with E-state index in [-0.39, 0.29) is 30.6 Å².